The zero-order chi connectivity index (χ0) is 30.9. The average molecular weight is 604 g/mol. The van der Waals surface area contributed by atoms with E-state index in [1.165, 1.54) is 7.11 Å². The number of nitrogens with one attached hydrogen (secondary N) is 3. The lowest BCUT2D eigenvalue weighted by atomic mass is 9.88. The number of amides is 1. The van der Waals surface area contributed by atoms with Gasteiger partial charge in [-0.05, 0) is 36.1 Å². The minimum Gasteiger partial charge on any atom is -0.496 e. The number of rotatable bonds is 15. The number of carbonyl (C=O) groups excluding carboxylic acids is 1. The first-order valence-corrected chi connectivity index (χ1v) is 15.8. The SMILES string of the molecule is CCCC[C@]1(CC)CS(=O)(=O)c2cc(CNC(=O)CNC(CC(=O)O)CC(=O)O)c(OC)cc2[C@@H](c2ccccc2)N1. The monoisotopic (exact) mass is 603 g/mol. The Labute approximate surface area is 247 Å². The van der Waals surface area contributed by atoms with Crippen LogP contribution in [-0.2, 0) is 30.8 Å². The molecule has 0 saturated heterocycles. The molecule has 0 spiro atoms. The molecule has 2 atom stereocenters. The van der Waals surface area contributed by atoms with Gasteiger partial charge in [-0.25, -0.2) is 8.42 Å². The van der Waals surface area contributed by atoms with Crippen LogP contribution in [-0.4, -0.2) is 67.5 Å². The van der Waals surface area contributed by atoms with Crippen molar-refractivity contribution in [3.05, 3.63) is 59.2 Å². The van der Waals surface area contributed by atoms with Crippen molar-refractivity contribution in [1.82, 2.24) is 16.0 Å². The summed E-state index contributed by atoms with van der Waals surface area (Å²) in [6.07, 6.45) is 2.24. The van der Waals surface area contributed by atoms with Gasteiger partial charge in [-0.2, -0.15) is 0 Å². The van der Waals surface area contributed by atoms with Crippen LogP contribution in [0.3, 0.4) is 0 Å². The third-order valence-electron chi connectivity index (χ3n) is 7.66. The van der Waals surface area contributed by atoms with Crippen molar-refractivity contribution in [3.63, 3.8) is 0 Å². The molecule has 0 bridgehead atoms. The fourth-order valence-corrected chi connectivity index (χ4v) is 7.56. The summed E-state index contributed by atoms with van der Waals surface area (Å²) in [6, 6.07) is 11.6. The molecule has 0 fully saturated rings. The second kappa shape index (κ2) is 14.6. The Morgan fingerprint density at radius 2 is 1.76 bits per heavy atom. The Bertz CT molecular complexity index is 1350. The van der Waals surface area contributed by atoms with Crippen molar-refractivity contribution in [2.75, 3.05) is 19.4 Å². The Morgan fingerprint density at radius 3 is 2.33 bits per heavy atom. The van der Waals surface area contributed by atoms with E-state index in [-0.39, 0.29) is 23.7 Å². The zero-order valence-electron chi connectivity index (χ0n) is 24.3. The van der Waals surface area contributed by atoms with Crippen LogP contribution in [0.15, 0.2) is 47.4 Å². The lowest BCUT2D eigenvalue weighted by Gasteiger charge is -2.36. The number of aliphatic carboxylic acids is 2. The second-order valence-electron chi connectivity index (χ2n) is 10.7. The molecule has 2 aromatic carbocycles. The van der Waals surface area contributed by atoms with Gasteiger partial charge in [0.1, 0.15) is 5.75 Å². The minimum absolute atomic E-state index is 0.0484. The molecule has 0 aromatic heterocycles. The van der Waals surface area contributed by atoms with Gasteiger partial charge in [0.15, 0.2) is 9.84 Å². The van der Waals surface area contributed by atoms with Crippen LogP contribution in [0.4, 0.5) is 0 Å². The predicted octanol–water partition coefficient (Wildman–Crippen LogP) is 3.02. The van der Waals surface area contributed by atoms with Gasteiger partial charge in [0.2, 0.25) is 5.91 Å². The second-order valence-corrected chi connectivity index (χ2v) is 12.7. The summed E-state index contributed by atoms with van der Waals surface area (Å²) in [5, 5.41) is 27.1. The van der Waals surface area contributed by atoms with Crippen LogP contribution in [0.2, 0.25) is 0 Å². The molecule has 0 aliphatic carbocycles. The molecule has 1 amide bonds. The van der Waals surface area contributed by atoms with Gasteiger partial charge in [0.25, 0.3) is 0 Å². The molecule has 5 N–H and O–H groups in total. The van der Waals surface area contributed by atoms with Crippen LogP contribution >= 0.6 is 0 Å². The van der Waals surface area contributed by atoms with Crippen LogP contribution in [0, 0.1) is 0 Å². The average Bonchev–Trinajstić information content (AvgIpc) is 3.04. The van der Waals surface area contributed by atoms with Crippen molar-refractivity contribution in [1.29, 1.82) is 0 Å². The van der Waals surface area contributed by atoms with Crippen molar-refractivity contribution >= 4 is 27.7 Å². The van der Waals surface area contributed by atoms with E-state index in [1.807, 2.05) is 37.3 Å². The number of hydrogen-bond acceptors (Lipinski definition) is 8. The number of benzene rings is 2. The lowest BCUT2D eigenvalue weighted by molar-refractivity contribution is -0.140. The number of sulfone groups is 1. The molecular weight excluding hydrogens is 562 g/mol. The highest BCUT2D eigenvalue weighted by Crippen LogP contribution is 2.40. The Morgan fingerprint density at radius 1 is 1.10 bits per heavy atom. The van der Waals surface area contributed by atoms with Gasteiger partial charge in [0, 0.05) is 23.7 Å². The number of hydrogen-bond donors (Lipinski definition) is 5. The summed E-state index contributed by atoms with van der Waals surface area (Å²) in [6.45, 7) is 3.72. The van der Waals surface area contributed by atoms with Gasteiger partial charge in [-0.1, -0.05) is 57.0 Å². The van der Waals surface area contributed by atoms with Crippen molar-refractivity contribution in [3.8, 4) is 5.75 Å². The van der Waals surface area contributed by atoms with Gasteiger partial charge >= 0.3 is 11.9 Å². The normalized spacial score (nSPS) is 19.5. The van der Waals surface area contributed by atoms with E-state index in [0.717, 1.165) is 18.4 Å². The molecule has 1 heterocycles. The summed E-state index contributed by atoms with van der Waals surface area (Å²) in [4.78, 5) is 34.8. The van der Waals surface area contributed by atoms with E-state index < -0.39 is 58.1 Å². The van der Waals surface area contributed by atoms with Crippen LogP contribution in [0.1, 0.15) is 75.1 Å². The van der Waals surface area contributed by atoms with E-state index in [2.05, 4.69) is 22.9 Å². The predicted molar refractivity (Wildman–Crippen MR) is 157 cm³/mol. The highest BCUT2D eigenvalue weighted by molar-refractivity contribution is 7.91. The molecule has 0 radical (unpaired) electrons. The Balaban J connectivity index is 1.94. The maximum atomic E-state index is 14.0. The van der Waals surface area contributed by atoms with Crippen molar-refractivity contribution in [2.45, 2.75) is 81.4 Å². The Kier molecular flexibility index (Phi) is 11.5. The minimum atomic E-state index is -3.75. The summed E-state index contributed by atoms with van der Waals surface area (Å²) in [5.74, 6) is -2.54. The van der Waals surface area contributed by atoms with Crippen LogP contribution < -0.4 is 20.7 Å². The first kappa shape index (κ1) is 33.0. The summed E-state index contributed by atoms with van der Waals surface area (Å²) < 4.78 is 33.6. The van der Waals surface area contributed by atoms with E-state index in [4.69, 9.17) is 14.9 Å². The third-order valence-corrected chi connectivity index (χ3v) is 9.62. The lowest BCUT2D eigenvalue weighted by Crippen LogP contribution is -2.50. The van der Waals surface area contributed by atoms with E-state index in [9.17, 15) is 22.8 Å². The largest absolute Gasteiger partial charge is 0.496 e. The van der Waals surface area contributed by atoms with Gasteiger partial charge in [-0.3, -0.25) is 19.7 Å². The number of unbranched alkanes of at least 4 members (excludes halogenated alkanes) is 1. The molecule has 42 heavy (non-hydrogen) atoms. The van der Waals surface area contributed by atoms with Crippen molar-refractivity contribution in [2.24, 2.45) is 0 Å². The zero-order valence-corrected chi connectivity index (χ0v) is 25.1. The first-order chi connectivity index (χ1) is 19.9. The summed E-state index contributed by atoms with van der Waals surface area (Å²) >= 11 is 0. The van der Waals surface area contributed by atoms with Crippen LogP contribution in [0.25, 0.3) is 0 Å². The number of fused-ring (bicyclic) bond motifs is 1. The third kappa shape index (κ3) is 8.52. The molecular formula is C30H41N3O8S. The molecule has 11 nitrogen and oxygen atoms in total. The van der Waals surface area contributed by atoms with Gasteiger partial charge in [-0.15, -0.1) is 0 Å². The van der Waals surface area contributed by atoms with E-state index >= 15 is 0 Å². The number of carbonyl (C=O) groups is 3. The summed E-state index contributed by atoms with van der Waals surface area (Å²) in [5.41, 5.74) is 1.33. The quantitative estimate of drug-likeness (QED) is 0.204. The maximum absolute atomic E-state index is 14.0. The molecule has 230 valence electrons. The molecule has 1 aliphatic heterocycles. The maximum Gasteiger partial charge on any atom is 0.304 e. The molecule has 3 rings (SSSR count). The molecule has 2 aromatic rings. The standard InChI is InChI=1S/C30H41N3O8S/c1-4-6-12-30(5-2)19-42(39,40)25-13-21(17-32-26(34)18-31-22(14-27(35)36)15-28(37)38)24(41-3)16-23(25)29(33-30)20-10-8-7-9-11-20/h7-11,13,16,22,29,31,33H,4-6,12,14-15,17-19H2,1-3H3,(H,32,34)(H,35,36)(H,37,38)/t29-,30-/m1/s1. The van der Waals surface area contributed by atoms with Gasteiger partial charge < -0.3 is 25.6 Å². The fraction of sp³-hybridized carbons (Fsp3) is 0.500. The topological polar surface area (TPSA) is 171 Å². The highest BCUT2D eigenvalue weighted by Gasteiger charge is 2.42. The van der Waals surface area contributed by atoms with Gasteiger partial charge in [0.05, 0.1) is 43.2 Å². The van der Waals surface area contributed by atoms with E-state index in [1.54, 1.807) is 12.1 Å². The highest BCUT2D eigenvalue weighted by atomic mass is 32.2. The fourth-order valence-electron chi connectivity index (χ4n) is 5.39. The smallest absolute Gasteiger partial charge is 0.304 e. The summed E-state index contributed by atoms with van der Waals surface area (Å²) in [7, 11) is -2.28. The number of methoxy groups -OCH3 is 1. The number of ether oxygens (including phenoxy) is 1. The molecule has 12 heteroatoms. The van der Waals surface area contributed by atoms with E-state index in [0.29, 0.717) is 29.7 Å². The Hall–Kier alpha value is -3.48. The first-order valence-electron chi connectivity index (χ1n) is 14.1. The molecule has 1 aliphatic rings. The number of carboxylic acid groups (broad SMARTS) is 2. The van der Waals surface area contributed by atoms with Crippen LogP contribution in [0.5, 0.6) is 5.75 Å². The molecule has 0 unspecified atom stereocenters. The van der Waals surface area contributed by atoms with Crippen molar-refractivity contribution < 1.29 is 37.8 Å². The molecule has 0 saturated carbocycles. The number of carboxylic acids is 2.